The van der Waals surface area contributed by atoms with Gasteiger partial charge in [-0.15, -0.1) is 5.06 Å². The molecule has 0 saturated carbocycles. The van der Waals surface area contributed by atoms with Crippen molar-refractivity contribution in [3.8, 4) is 17.2 Å². The third kappa shape index (κ3) is 4.61. The van der Waals surface area contributed by atoms with Crippen molar-refractivity contribution < 1.29 is 23.8 Å². The second-order valence-electron chi connectivity index (χ2n) is 4.88. The average Bonchev–Trinajstić information content (AvgIpc) is 2.59. The van der Waals surface area contributed by atoms with Crippen molar-refractivity contribution in [3.63, 3.8) is 0 Å². The molecule has 7 heteroatoms. The van der Waals surface area contributed by atoms with E-state index in [1.165, 1.54) is 6.08 Å². The van der Waals surface area contributed by atoms with Gasteiger partial charge in [-0.1, -0.05) is 0 Å². The topological polar surface area (TPSA) is 69.3 Å². The van der Waals surface area contributed by atoms with E-state index >= 15 is 0 Å². The largest absolute Gasteiger partial charge is 0.493 e. The third-order valence-corrected chi connectivity index (χ3v) is 3.39. The van der Waals surface area contributed by atoms with Gasteiger partial charge in [-0.3, -0.25) is 0 Å². The Bertz CT molecular complexity index is 543. The molecule has 0 amide bonds. The van der Waals surface area contributed by atoms with Crippen LogP contribution in [0.1, 0.15) is 5.56 Å². The van der Waals surface area contributed by atoms with Gasteiger partial charge in [0.15, 0.2) is 11.5 Å². The van der Waals surface area contributed by atoms with Gasteiger partial charge < -0.3 is 24.4 Å². The number of rotatable bonds is 6. The molecule has 1 aromatic rings. The molecule has 1 fully saturated rings. The zero-order valence-corrected chi connectivity index (χ0v) is 13.6. The molecule has 0 atom stereocenters. The predicted octanol–water partition coefficient (Wildman–Crippen LogP) is 1.09. The number of piperazine rings is 1. The quantitative estimate of drug-likeness (QED) is 0.786. The van der Waals surface area contributed by atoms with Gasteiger partial charge in [-0.05, 0) is 23.8 Å². The highest BCUT2D eigenvalue weighted by Gasteiger charge is 2.14. The summed E-state index contributed by atoms with van der Waals surface area (Å²) in [6.07, 6.45) is 3.03. The highest BCUT2D eigenvalue weighted by Crippen LogP contribution is 2.38. The first-order valence-corrected chi connectivity index (χ1v) is 7.33. The highest BCUT2D eigenvalue weighted by molar-refractivity contribution is 5.87. The fourth-order valence-corrected chi connectivity index (χ4v) is 2.26. The molecule has 1 aromatic carbocycles. The lowest BCUT2D eigenvalue weighted by Crippen LogP contribution is -2.44. The maximum atomic E-state index is 11.9. The number of carbonyl (C=O) groups is 1. The van der Waals surface area contributed by atoms with E-state index in [2.05, 4.69) is 5.32 Å². The Kier molecular flexibility index (Phi) is 6.25. The van der Waals surface area contributed by atoms with Gasteiger partial charge in [-0.25, -0.2) is 4.79 Å². The van der Waals surface area contributed by atoms with Crippen molar-refractivity contribution in [3.05, 3.63) is 23.8 Å². The molecule has 2 rings (SSSR count). The third-order valence-electron chi connectivity index (χ3n) is 3.39. The Labute approximate surface area is 135 Å². The molecule has 0 bridgehead atoms. The molecule has 1 heterocycles. The van der Waals surface area contributed by atoms with Gasteiger partial charge in [0.05, 0.1) is 21.3 Å². The number of nitrogens with zero attached hydrogens (tertiary/aromatic N) is 1. The molecule has 0 aromatic heterocycles. The molecular weight excluding hydrogens is 300 g/mol. The van der Waals surface area contributed by atoms with Crippen LogP contribution in [0.4, 0.5) is 0 Å². The number of carbonyl (C=O) groups excluding carboxylic acids is 1. The summed E-state index contributed by atoms with van der Waals surface area (Å²) in [5.74, 6) is 1.15. The zero-order chi connectivity index (χ0) is 16.7. The first-order chi connectivity index (χ1) is 11.2. The first-order valence-electron chi connectivity index (χ1n) is 7.33. The molecular formula is C16H22N2O5. The summed E-state index contributed by atoms with van der Waals surface area (Å²) in [6, 6.07) is 3.52. The lowest BCUT2D eigenvalue weighted by molar-refractivity contribution is -0.186. The van der Waals surface area contributed by atoms with E-state index < -0.39 is 5.97 Å². The van der Waals surface area contributed by atoms with E-state index in [1.54, 1.807) is 44.6 Å². The first kappa shape index (κ1) is 17.1. The van der Waals surface area contributed by atoms with E-state index in [-0.39, 0.29) is 0 Å². The maximum Gasteiger partial charge on any atom is 0.349 e. The summed E-state index contributed by atoms with van der Waals surface area (Å²) in [7, 11) is 4.63. The Morgan fingerprint density at radius 2 is 1.70 bits per heavy atom. The van der Waals surface area contributed by atoms with Gasteiger partial charge in [-0.2, -0.15) is 0 Å². The van der Waals surface area contributed by atoms with Gasteiger partial charge in [0.2, 0.25) is 5.75 Å². The molecule has 126 valence electrons. The van der Waals surface area contributed by atoms with Crippen molar-refractivity contribution >= 4 is 12.0 Å². The second-order valence-corrected chi connectivity index (χ2v) is 4.88. The number of hydrogen-bond acceptors (Lipinski definition) is 7. The van der Waals surface area contributed by atoms with Crippen molar-refractivity contribution in [2.75, 3.05) is 47.5 Å². The number of nitrogens with one attached hydrogen (secondary N) is 1. The van der Waals surface area contributed by atoms with Crippen LogP contribution in [0.3, 0.4) is 0 Å². The summed E-state index contributed by atoms with van der Waals surface area (Å²) in [6.45, 7) is 2.99. The number of methoxy groups -OCH3 is 3. The van der Waals surface area contributed by atoms with Crippen LogP contribution in [0.5, 0.6) is 17.2 Å². The minimum absolute atomic E-state index is 0.416. The normalized spacial score (nSPS) is 15.4. The number of hydrogen-bond donors (Lipinski definition) is 1. The van der Waals surface area contributed by atoms with E-state index in [0.29, 0.717) is 30.3 Å². The standard InChI is InChI=1S/C16H22N2O5/c1-20-13-10-12(11-14(21-2)16(13)22-3)4-5-15(19)23-18-8-6-17-7-9-18/h4-5,10-11,17H,6-9H2,1-3H3/b5-4+. The van der Waals surface area contributed by atoms with Crippen LogP contribution in [-0.4, -0.2) is 58.5 Å². The second kappa shape index (κ2) is 8.40. The van der Waals surface area contributed by atoms with Crippen LogP contribution in [0.15, 0.2) is 18.2 Å². The zero-order valence-electron chi connectivity index (χ0n) is 13.6. The van der Waals surface area contributed by atoms with Gasteiger partial charge in [0.1, 0.15) is 0 Å². The van der Waals surface area contributed by atoms with Crippen LogP contribution in [-0.2, 0) is 9.63 Å². The van der Waals surface area contributed by atoms with Crippen LogP contribution < -0.4 is 19.5 Å². The highest BCUT2D eigenvalue weighted by atomic mass is 16.7. The summed E-state index contributed by atoms with van der Waals surface area (Å²) < 4.78 is 15.8. The molecule has 7 nitrogen and oxygen atoms in total. The molecule has 1 N–H and O–H groups in total. The molecule has 1 saturated heterocycles. The van der Waals surface area contributed by atoms with E-state index in [9.17, 15) is 4.79 Å². The molecule has 1 aliphatic heterocycles. The van der Waals surface area contributed by atoms with Crippen LogP contribution in [0, 0.1) is 0 Å². The lowest BCUT2D eigenvalue weighted by atomic mass is 10.1. The number of benzene rings is 1. The summed E-state index contributed by atoms with van der Waals surface area (Å²) >= 11 is 0. The Morgan fingerprint density at radius 3 is 2.22 bits per heavy atom. The molecule has 23 heavy (non-hydrogen) atoms. The van der Waals surface area contributed by atoms with Gasteiger partial charge >= 0.3 is 5.97 Å². The Morgan fingerprint density at radius 1 is 1.09 bits per heavy atom. The van der Waals surface area contributed by atoms with Crippen molar-refractivity contribution in [2.24, 2.45) is 0 Å². The van der Waals surface area contributed by atoms with E-state index in [4.69, 9.17) is 19.0 Å². The van der Waals surface area contributed by atoms with Crippen molar-refractivity contribution in [2.45, 2.75) is 0 Å². The fourth-order valence-electron chi connectivity index (χ4n) is 2.26. The lowest BCUT2D eigenvalue weighted by Gasteiger charge is -2.24. The molecule has 0 aliphatic carbocycles. The molecule has 0 radical (unpaired) electrons. The van der Waals surface area contributed by atoms with Crippen LogP contribution >= 0.6 is 0 Å². The predicted molar refractivity (Wildman–Crippen MR) is 85.7 cm³/mol. The van der Waals surface area contributed by atoms with Crippen LogP contribution in [0.25, 0.3) is 6.08 Å². The number of hydroxylamine groups is 2. The smallest absolute Gasteiger partial charge is 0.349 e. The Balaban J connectivity index is 2.07. The van der Waals surface area contributed by atoms with Crippen molar-refractivity contribution in [1.82, 2.24) is 10.4 Å². The molecule has 0 unspecified atom stereocenters. The fraction of sp³-hybridized carbons (Fsp3) is 0.438. The summed E-state index contributed by atoms with van der Waals surface area (Å²) in [4.78, 5) is 17.1. The SMILES string of the molecule is COc1cc(/C=C/C(=O)ON2CCNCC2)cc(OC)c1OC. The van der Waals surface area contributed by atoms with E-state index in [1.807, 2.05) is 0 Å². The number of ether oxygens (including phenoxy) is 3. The van der Waals surface area contributed by atoms with Crippen molar-refractivity contribution in [1.29, 1.82) is 0 Å². The monoisotopic (exact) mass is 322 g/mol. The van der Waals surface area contributed by atoms with Gasteiger partial charge in [0.25, 0.3) is 0 Å². The summed E-state index contributed by atoms with van der Waals surface area (Å²) in [5, 5.41) is 4.84. The minimum Gasteiger partial charge on any atom is -0.493 e. The molecule has 1 aliphatic rings. The van der Waals surface area contributed by atoms with Crippen LogP contribution in [0.2, 0.25) is 0 Å². The molecule has 0 spiro atoms. The maximum absolute atomic E-state index is 11.9. The van der Waals surface area contributed by atoms with E-state index in [0.717, 1.165) is 18.7 Å². The summed E-state index contributed by atoms with van der Waals surface area (Å²) in [5.41, 5.74) is 0.747. The minimum atomic E-state index is -0.416. The average molecular weight is 322 g/mol. The van der Waals surface area contributed by atoms with Gasteiger partial charge in [0, 0.05) is 32.3 Å². The Hall–Kier alpha value is -2.25.